The van der Waals surface area contributed by atoms with Crippen LogP contribution >= 0.6 is 0 Å². The second-order valence-electron chi connectivity index (χ2n) is 6.83. The number of nitro benzene ring substituents is 2. The summed E-state index contributed by atoms with van der Waals surface area (Å²) >= 11 is 0. The van der Waals surface area contributed by atoms with Gasteiger partial charge >= 0.3 is 0 Å². The average molecular weight is 395 g/mol. The molecule has 10 heteroatoms. The minimum Gasteiger partial charge on any atom is -0.360 e. The number of hydrogen-bond donors (Lipinski definition) is 0. The molecule has 0 unspecified atom stereocenters. The quantitative estimate of drug-likeness (QED) is 0.489. The third-order valence-electron chi connectivity index (χ3n) is 5.05. The number of para-hydroxylation sites is 2. The van der Waals surface area contributed by atoms with Crippen LogP contribution in [0.1, 0.15) is 29.6 Å². The van der Waals surface area contributed by atoms with E-state index >= 15 is 0 Å². The molecular formula is C19H17N5O5. The van der Waals surface area contributed by atoms with Gasteiger partial charge in [-0.2, -0.15) is 0 Å². The Hall–Kier alpha value is -3.82. The molecule has 0 bridgehead atoms. The maximum absolute atomic E-state index is 13.0. The van der Waals surface area contributed by atoms with Crippen LogP contribution in [0.5, 0.6) is 0 Å². The first-order valence-electron chi connectivity index (χ1n) is 9.16. The van der Waals surface area contributed by atoms with Gasteiger partial charge in [-0.3, -0.25) is 29.6 Å². The minimum atomic E-state index is -0.667. The van der Waals surface area contributed by atoms with Crippen molar-refractivity contribution in [3.05, 3.63) is 68.5 Å². The lowest BCUT2D eigenvalue weighted by atomic mass is 10.1. The van der Waals surface area contributed by atoms with Crippen molar-refractivity contribution in [2.75, 3.05) is 18.0 Å². The van der Waals surface area contributed by atoms with Crippen LogP contribution in [0.2, 0.25) is 0 Å². The lowest BCUT2D eigenvalue weighted by Gasteiger charge is -2.28. The molecule has 0 aliphatic carbocycles. The third kappa shape index (κ3) is 3.28. The minimum absolute atomic E-state index is 0.0354. The number of benzene rings is 2. The Bertz CT molecular complexity index is 1100. The van der Waals surface area contributed by atoms with E-state index in [9.17, 15) is 25.0 Å². The molecule has 1 aliphatic rings. The van der Waals surface area contributed by atoms with E-state index in [2.05, 4.69) is 4.98 Å². The van der Waals surface area contributed by atoms with Crippen LogP contribution in [0.4, 0.5) is 17.1 Å². The highest BCUT2D eigenvalue weighted by atomic mass is 16.6. The summed E-state index contributed by atoms with van der Waals surface area (Å²) in [6.07, 6.45) is 3.89. The molecule has 10 nitrogen and oxygen atoms in total. The summed E-state index contributed by atoms with van der Waals surface area (Å²) in [4.78, 5) is 41.0. The van der Waals surface area contributed by atoms with Crippen LogP contribution < -0.4 is 4.90 Å². The molecule has 1 aliphatic heterocycles. The third-order valence-corrected chi connectivity index (χ3v) is 5.05. The molecule has 0 amide bonds. The van der Waals surface area contributed by atoms with E-state index in [1.807, 2.05) is 0 Å². The molecule has 1 saturated heterocycles. The molecule has 0 atom stereocenters. The fourth-order valence-corrected chi connectivity index (χ4v) is 3.71. The number of aromatic nitrogens is 2. The number of imidazole rings is 1. The van der Waals surface area contributed by atoms with E-state index in [1.54, 1.807) is 29.2 Å². The molecule has 3 aromatic rings. The number of piperidine rings is 1. The van der Waals surface area contributed by atoms with E-state index in [0.29, 0.717) is 24.1 Å². The van der Waals surface area contributed by atoms with Crippen molar-refractivity contribution in [2.45, 2.75) is 19.3 Å². The fourth-order valence-electron chi connectivity index (χ4n) is 3.71. The summed E-state index contributed by atoms with van der Waals surface area (Å²) in [6.45, 7) is 1.00. The Balaban J connectivity index is 1.87. The Morgan fingerprint density at radius 3 is 2.21 bits per heavy atom. The van der Waals surface area contributed by atoms with Gasteiger partial charge in [0.15, 0.2) is 5.69 Å². The molecule has 0 saturated carbocycles. The molecule has 0 radical (unpaired) electrons. The first kappa shape index (κ1) is 18.5. The van der Waals surface area contributed by atoms with E-state index < -0.39 is 27.1 Å². The predicted octanol–water partition coefficient (Wildman–Crippen LogP) is 3.53. The number of carbonyl (C=O) groups is 1. The summed E-state index contributed by atoms with van der Waals surface area (Å²) in [6, 6.07) is 9.15. The van der Waals surface area contributed by atoms with Gasteiger partial charge in [-0.25, -0.2) is 4.98 Å². The van der Waals surface area contributed by atoms with Gasteiger partial charge in [0.1, 0.15) is 6.33 Å². The Labute approximate surface area is 164 Å². The average Bonchev–Trinajstić information content (AvgIpc) is 3.17. The number of fused-ring (bicyclic) bond motifs is 1. The van der Waals surface area contributed by atoms with Gasteiger partial charge in [0.05, 0.1) is 26.4 Å². The van der Waals surface area contributed by atoms with E-state index in [1.165, 1.54) is 10.9 Å². The Kier molecular flexibility index (Phi) is 4.67. The Morgan fingerprint density at radius 2 is 1.59 bits per heavy atom. The van der Waals surface area contributed by atoms with Crippen molar-refractivity contribution in [3.8, 4) is 0 Å². The number of hydrogen-bond acceptors (Lipinski definition) is 7. The van der Waals surface area contributed by atoms with Crippen LogP contribution in [0.15, 0.2) is 42.7 Å². The largest absolute Gasteiger partial charge is 0.360 e. The number of anilines is 1. The molecule has 148 valence electrons. The second kappa shape index (κ2) is 7.30. The lowest BCUT2D eigenvalue weighted by molar-refractivity contribution is -0.392. The van der Waals surface area contributed by atoms with Gasteiger partial charge in [-0.1, -0.05) is 12.1 Å². The zero-order valence-electron chi connectivity index (χ0n) is 15.4. The van der Waals surface area contributed by atoms with Gasteiger partial charge in [-0.05, 0) is 31.4 Å². The van der Waals surface area contributed by atoms with Crippen molar-refractivity contribution < 1.29 is 14.6 Å². The van der Waals surface area contributed by atoms with E-state index in [-0.39, 0.29) is 11.3 Å². The number of rotatable bonds is 4. The SMILES string of the molecule is O=C(c1cc([N+](=O)[O-])c(N2CCCCC2)c([N+](=O)[O-])c1)n1cnc2ccccc21. The van der Waals surface area contributed by atoms with Gasteiger partial charge in [-0.15, -0.1) is 0 Å². The van der Waals surface area contributed by atoms with Gasteiger partial charge in [0, 0.05) is 25.2 Å². The van der Waals surface area contributed by atoms with E-state index in [0.717, 1.165) is 31.4 Å². The van der Waals surface area contributed by atoms with Gasteiger partial charge in [0.2, 0.25) is 0 Å². The number of nitro groups is 2. The summed E-state index contributed by atoms with van der Waals surface area (Å²) in [5.41, 5.74) is 0.0551. The van der Waals surface area contributed by atoms with Crippen molar-refractivity contribution in [2.24, 2.45) is 0 Å². The summed E-state index contributed by atoms with van der Waals surface area (Å²) in [5, 5.41) is 23.5. The summed E-state index contributed by atoms with van der Waals surface area (Å²) in [7, 11) is 0. The smallest absolute Gasteiger partial charge is 0.300 e. The van der Waals surface area contributed by atoms with Crippen molar-refractivity contribution in [3.63, 3.8) is 0 Å². The molecule has 1 fully saturated rings. The number of carbonyl (C=O) groups excluding carboxylic acids is 1. The molecule has 0 spiro atoms. The molecule has 1 aromatic heterocycles. The van der Waals surface area contributed by atoms with Crippen molar-refractivity contribution >= 4 is 34.0 Å². The molecule has 29 heavy (non-hydrogen) atoms. The van der Waals surface area contributed by atoms with E-state index in [4.69, 9.17) is 0 Å². The predicted molar refractivity (Wildman–Crippen MR) is 105 cm³/mol. The first-order chi connectivity index (χ1) is 14.0. The zero-order chi connectivity index (χ0) is 20.5. The first-order valence-corrected chi connectivity index (χ1v) is 9.16. The van der Waals surface area contributed by atoms with Crippen molar-refractivity contribution in [1.29, 1.82) is 0 Å². The normalized spacial score (nSPS) is 14.1. The maximum atomic E-state index is 13.0. The van der Waals surface area contributed by atoms with Gasteiger partial charge < -0.3 is 4.90 Å². The van der Waals surface area contributed by atoms with Crippen LogP contribution in [-0.4, -0.2) is 38.4 Å². The zero-order valence-corrected chi connectivity index (χ0v) is 15.4. The van der Waals surface area contributed by atoms with Crippen LogP contribution in [-0.2, 0) is 0 Å². The van der Waals surface area contributed by atoms with Crippen LogP contribution in [0.25, 0.3) is 11.0 Å². The molecule has 2 heterocycles. The molecule has 4 rings (SSSR count). The molecular weight excluding hydrogens is 378 g/mol. The second-order valence-corrected chi connectivity index (χ2v) is 6.83. The summed E-state index contributed by atoms with van der Waals surface area (Å²) < 4.78 is 1.23. The van der Waals surface area contributed by atoms with Crippen LogP contribution in [0.3, 0.4) is 0 Å². The molecule has 0 N–H and O–H groups in total. The highest BCUT2D eigenvalue weighted by molar-refractivity contribution is 6.03. The van der Waals surface area contributed by atoms with Crippen LogP contribution in [0, 0.1) is 20.2 Å². The van der Waals surface area contributed by atoms with Crippen molar-refractivity contribution in [1.82, 2.24) is 9.55 Å². The Morgan fingerprint density at radius 1 is 0.966 bits per heavy atom. The topological polar surface area (TPSA) is 124 Å². The molecule has 2 aromatic carbocycles. The van der Waals surface area contributed by atoms with Gasteiger partial charge in [0.25, 0.3) is 17.3 Å². The maximum Gasteiger partial charge on any atom is 0.300 e. The monoisotopic (exact) mass is 395 g/mol. The lowest BCUT2D eigenvalue weighted by Crippen LogP contribution is -2.30. The number of nitrogens with zero attached hydrogens (tertiary/aromatic N) is 5. The highest BCUT2D eigenvalue weighted by Gasteiger charge is 2.33. The summed E-state index contributed by atoms with van der Waals surface area (Å²) in [5.74, 6) is -0.616. The standard InChI is InChI=1S/C19H17N5O5/c25-19(22-12-20-14-6-2-3-7-15(14)22)13-10-16(23(26)27)18(17(11-13)24(28)29)21-8-4-1-5-9-21/h2-3,6-7,10-12H,1,4-5,8-9H2. The highest BCUT2D eigenvalue weighted by Crippen LogP contribution is 2.40. The fraction of sp³-hybridized carbons (Fsp3) is 0.263.